The largest absolute Gasteiger partial charge is 0.385 e. The van der Waals surface area contributed by atoms with Crippen molar-refractivity contribution in [2.24, 2.45) is 0 Å². The molecular formula is C17H20N2OS. The zero-order chi connectivity index (χ0) is 15.2. The van der Waals surface area contributed by atoms with Crippen molar-refractivity contribution in [3.63, 3.8) is 0 Å². The summed E-state index contributed by atoms with van der Waals surface area (Å²) in [7, 11) is 0. The average Bonchev–Trinajstić information content (AvgIpc) is 2.48. The lowest BCUT2D eigenvalue weighted by Crippen LogP contribution is -2.15. The Labute approximate surface area is 130 Å². The van der Waals surface area contributed by atoms with E-state index in [0.717, 1.165) is 28.4 Å². The van der Waals surface area contributed by atoms with E-state index in [1.54, 1.807) is 11.8 Å². The Hall–Kier alpha value is -1.94. The van der Waals surface area contributed by atoms with E-state index in [2.05, 4.69) is 10.6 Å². The predicted molar refractivity (Wildman–Crippen MR) is 91.5 cm³/mol. The molecule has 21 heavy (non-hydrogen) atoms. The van der Waals surface area contributed by atoms with Crippen molar-refractivity contribution in [1.29, 1.82) is 0 Å². The van der Waals surface area contributed by atoms with Crippen LogP contribution in [0.2, 0.25) is 0 Å². The third-order valence-corrected chi connectivity index (χ3v) is 3.94. The average molecular weight is 300 g/mol. The maximum atomic E-state index is 12.5. The van der Waals surface area contributed by atoms with Crippen molar-refractivity contribution >= 4 is 29.0 Å². The molecule has 0 atom stereocenters. The monoisotopic (exact) mass is 300 g/mol. The van der Waals surface area contributed by atoms with Crippen molar-refractivity contribution < 1.29 is 4.79 Å². The van der Waals surface area contributed by atoms with E-state index >= 15 is 0 Å². The van der Waals surface area contributed by atoms with Crippen molar-refractivity contribution in [3.8, 4) is 0 Å². The Kier molecular flexibility index (Phi) is 5.28. The first-order chi connectivity index (χ1) is 10.2. The molecule has 3 nitrogen and oxygen atoms in total. The van der Waals surface area contributed by atoms with Gasteiger partial charge >= 0.3 is 0 Å². The highest BCUT2D eigenvalue weighted by atomic mass is 32.2. The van der Waals surface area contributed by atoms with E-state index in [1.165, 1.54) is 0 Å². The Morgan fingerprint density at radius 1 is 1.14 bits per heavy atom. The smallest absolute Gasteiger partial charge is 0.257 e. The van der Waals surface area contributed by atoms with Crippen LogP contribution < -0.4 is 10.6 Å². The molecule has 0 saturated carbocycles. The number of benzene rings is 2. The Morgan fingerprint density at radius 3 is 2.62 bits per heavy atom. The van der Waals surface area contributed by atoms with Gasteiger partial charge in [0.2, 0.25) is 0 Å². The summed E-state index contributed by atoms with van der Waals surface area (Å²) in [5.74, 6) is -0.0903. The van der Waals surface area contributed by atoms with E-state index in [4.69, 9.17) is 0 Å². The highest BCUT2D eigenvalue weighted by molar-refractivity contribution is 7.98. The number of para-hydroxylation sites is 1. The van der Waals surface area contributed by atoms with Crippen LogP contribution in [-0.2, 0) is 0 Å². The lowest BCUT2D eigenvalue weighted by molar-refractivity contribution is 0.102. The van der Waals surface area contributed by atoms with Crippen LogP contribution in [0.1, 0.15) is 22.8 Å². The van der Waals surface area contributed by atoms with Gasteiger partial charge in [0.05, 0.1) is 11.3 Å². The summed E-state index contributed by atoms with van der Waals surface area (Å²) in [6, 6.07) is 13.6. The number of aryl methyl sites for hydroxylation is 1. The van der Waals surface area contributed by atoms with Crippen molar-refractivity contribution in [3.05, 3.63) is 53.6 Å². The van der Waals surface area contributed by atoms with Gasteiger partial charge in [0.25, 0.3) is 5.91 Å². The highest BCUT2D eigenvalue weighted by Gasteiger charge is 2.13. The molecule has 0 fully saturated rings. The first-order valence-corrected chi connectivity index (χ1v) is 8.17. The molecule has 0 aliphatic carbocycles. The summed E-state index contributed by atoms with van der Waals surface area (Å²) < 4.78 is 0. The van der Waals surface area contributed by atoms with Gasteiger partial charge in [0.15, 0.2) is 0 Å². The van der Waals surface area contributed by atoms with Gasteiger partial charge in [-0.25, -0.2) is 0 Å². The number of anilines is 2. The van der Waals surface area contributed by atoms with Crippen LogP contribution >= 0.6 is 11.8 Å². The second-order valence-corrected chi connectivity index (χ2v) is 5.58. The number of rotatable bonds is 5. The van der Waals surface area contributed by atoms with Crippen LogP contribution in [0.4, 0.5) is 11.4 Å². The van der Waals surface area contributed by atoms with Gasteiger partial charge in [-0.15, -0.1) is 11.8 Å². The summed E-state index contributed by atoms with van der Waals surface area (Å²) in [5.41, 5.74) is 3.51. The SMILES string of the molecule is CCNc1cc(C)ccc1C(=O)Nc1ccccc1SC. The van der Waals surface area contributed by atoms with Crippen LogP contribution in [0.15, 0.2) is 47.4 Å². The molecule has 0 unspecified atom stereocenters. The molecule has 0 spiro atoms. The van der Waals surface area contributed by atoms with Crippen LogP contribution in [0.5, 0.6) is 0 Å². The number of nitrogens with one attached hydrogen (secondary N) is 2. The number of carbonyl (C=O) groups is 1. The van der Waals surface area contributed by atoms with Crippen molar-refractivity contribution in [2.45, 2.75) is 18.7 Å². The number of hydrogen-bond donors (Lipinski definition) is 2. The summed E-state index contributed by atoms with van der Waals surface area (Å²) in [4.78, 5) is 13.6. The lowest BCUT2D eigenvalue weighted by atomic mass is 10.1. The normalized spacial score (nSPS) is 10.2. The van der Waals surface area contributed by atoms with E-state index in [9.17, 15) is 4.79 Å². The van der Waals surface area contributed by atoms with E-state index in [1.807, 2.05) is 62.6 Å². The Bertz CT molecular complexity index is 640. The zero-order valence-corrected chi connectivity index (χ0v) is 13.4. The summed E-state index contributed by atoms with van der Waals surface area (Å²) in [5, 5.41) is 6.24. The fourth-order valence-corrected chi connectivity index (χ4v) is 2.68. The third-order valence-electron chi connectivity index (χ3n) is 3.14. The number of thioether (sulfide) groups is 1. The summed E-state index contributed by atoms with van der Waals surface area (Å²) >= 11 is 1.62. The maximum Gasteiger partial charge on any atom is 0.257 e. The first kappa shape index (κ1) is 15.4. The third kappa shape index (κ3) is 3.79. The molecule has 2 rings (SSSR count). The topological polar surface area (TPSA) is 41.1 Å². The highest BCUT2D eigenvalue weighted by Crippen LogP contribution is 2.26. The molecule has 0 radical (unpaired) electrons. The minimum atomic E-state index is -0.0903. The van der Waals surface area contributed by atoms with Crippen LogP contribution in [0, 0.1) is 6.92 Å². The number of hydrogen-bond acceptors (Lipinski definition) is 3. The van der Waals surface area contributed by atoms with Crippen LogP contribution in [0.25, 0.3) is 0 Å². The Balaban J connectivity index is 2.28. The molecule has 110 valence electrons. The number of amides is 1. The van der Waals surface area contributed by atoms with Gasteiger partial charge in [0.1, 0.15) is 0 Å². The molecule has 0 aliphatic rings. The number of carbonyl (C=O) groups excluding carboxylic acids is 1. The molecule has 0 saturated heterocycles. The molecular weight excluding hydrogens is 280 g/mol. The summed E-state index contributed by atoms with van der Waals surface area (Å²) in [6.07, 6.45) is 2.00. The van der Waals surface area contributed by atoms with Gasteiger partial charge in [-0.05, 0) is 49.9 Å². The maximum absolute atomic E-state index is 12.5. The fraction of sp³-hybridized carbons (Fsp3) is 0.235. The molecule has 2 aromatic rings. The molecule has 4 heteroatoms. The van der Waals surface area contributed by atoms with E-state index in [0.29, 0.717) is 5.56 Å². The molecule has 0 bridgehead atoms. The summed E-state index contributed by atoms with van der Waals surface area (Å²) in [6.45, 7) is 4.82. The lowest BCUT2D eigenvalue weighted by Gasteiger charge is -2.13. The Morgan fingerprint density at radius 2 is 1.90 bits per heavy atom. The van der Waals surface area contributed by atoms with Gasteiger partial charge in [-0.3, -0.25) is 4.79 Å². The molecule has 0 aliphatic heterocycles. The van der Waals surface area contributed by atoms with Gasteiger partial charge in [0, 0.05) is 17.1 Å². The molecule has 1 amide bonds. The van der Waals surface area contributed by atoms with E-state index < -0.39 is 0 Å². The van der Waals surface area contributed by atoms with Crippen LogP contribution in [0.3, 0.4) is 0 Å². The molecule has 2 N–H and O–H groups in total. The first-order valence-electron chi connectivity index (χ1n) is 6.94. The minimum Gasteiger partial charge on any atom is -0.385 e. The van der Waals surface area contributed by atoms with Gasteiger partial charge < -0.3 is 10.6 Å². The quantitative estimate of drug-likeness (QED) is 0.804. The van der Waals surface area contributed by atoms with Gasteiger partial charge in [-0.2, -0.15) is 0 Å². The van der Waals surface area contributed by atoms with Crippen molar-refractivity contribution in [2.75, 3.05) is 23.4 Å². The zero-order valence-electron chi connectivity index (χ0n) is 12.6. The second kappa shape index (κ2) is 7.18. The molecule has 0 aromatic heterocycles. The predicted octanol–water partition coefficient (Wildman–Crippen LogP) is 4.40. The van der Waals surface area contributed by atoms with Crippen molar-refractivity contribution in [1.82, 2.24) is 0 Å². The fourth-order valence-electron chi connectivity index (χ4n) is 2.13. The van der Waals surface area contributed by atoms with Gasteiger partial charge in [-0.1, -0.05) is 18.2 Å². The minimum absolute atomic E-state index is 0.0903. The molecule has 2 aromatic carbocycles. The van der Waals surface area contributed by atoms with Crippen LogP contribution in [-0.4, -0.2) is 18.7 Å². The van der Waals surface area contributed by atoms with E-state index in [-0.39, 0.29) is 5.91 Å². The standard InChI is InChI=1S/C17H20N2OS/c1-4-18-15-11-12(2)9-10-13(15)17(20)19-14-7-5-6-8-16(14)21-3/h5-11,18H,4H2,1-3H3,(H,19,20). The second-order valence-electron chi connectivity index (χ2n) is 4.73. The molecule has 0 heterocycles.